The van der Waals surface area contributed by atoms with Gasteiger partial charge in [0.15, 0.2) is 17.5 Å². The maximum Gasteiger partial charge on any atom is 0.417 e. The highest BCUT2D eigenvalue weighted by molar-refractivity contribution is 6.11. The number of aryl methyl sites for hydroxylation is 3. The molecule has 2 heterocycles. The lowest BCUT2D eigenvalue weighted by atomic mass is 9.93. The minimum Gasteiger partial charge on any atom is -0.308 e. The van der Waals surface area contributed by atoms with Crippen molar-refractivity contribution in [2.75, 3.05) is 0 Å². The largest absolute Gasteiger partial charge is 0.417 e. The molecule has 0 bridgehead atoms. The van der Waals surface area contributed by atoms with Crippen LogP contribution in [0.2, 0.25) is 0 Å². The van der Waals surface area contributed by atoms with E-state index in [0.717, 1.165) is 66.8 Å². The van der Waals surface area contributed by atoms with Crippen molar-refractivity contribution in [2.24, 2.45) is 0 Å². The standard InChI is InChI=1S/C50H34F6N4/c1-29-24-30(2)45(31(3)25-29)35-19-23-43-40(26-35)38-16-10-11-17-42(38)60(43)44-27-34(37-22-20-36(49(51,52)53)28-41(37)50(54,55)56)18-21-39(44)48-58-46(32-12-6-4-7-13-32)57-47(59-48)33-14-8-5-9-15-33/h4-28H,1-3H3. The number of fused-ring (bicyclic) bond motifs is 3. The number of hydrogen-bond donors (Lipinski definition) is 0. The van der Waals surface area contributed by atoms with Crippen molar-refractivity contribution in [3.05, 3.63) is 179 Å². The molecule has 0 unspecified atom stereocenters. The van der Waals surface area contributed by atoms with Crippen LogP contribution in [-0.4, -0.2) is 19.5 Å². The first kappa shape index (κ1) is 38.4. The van der Waals surface area contributed by atoms with Crippen molar-refractivity contribution in [1.29, 1.82) is 0 Å². The highest BCUT2D eigenvalue weighted by Crippen LogP contribution is 2.44. The van der Waals surface area contributed by atoms with E-state index in [2.05, 4.69) is 39.0 Å². The molecule has 4 nitrogen and oxygen atoms in total. The lowest BCUT2D eigenvalue weighted by molar-refractivity contribution is -0.142. The van der Waals surface area contributed by atoms with Crippen LogP contribution >= 0.6 is 0 Å². The molecule has 0 spiro atoms. The van der Waals surface area contributed by atoms with E-state index in [1.54, 1.807) is 12.1 Å². The van der Waals surface area contributed by atoms with E-state index < -0.39 is 29.0 Å². The Morgan fingerprint density at radius 1 is 0.433 bits per heavy atom. The Morgan fingerprint density at radius 3 is 1.60 bits per heavy atom. The fourth-order valence-electron chi connectivity index (χ4n) is 8.23. The third kappa shape index (κ3) is 6.97. The second-order valence-corrected chi connectivity index (χ2v) is 14.9. The lowest BCUT2D eigenvalue weighted by Gasteiger charge is -2.19. The average Bonchev–Trinajstić information content (AvgIpc) is 3.56. The monoisotopic (exact) mass is 804 g/mol. The van der Waals surface area contributed by atoms with Gasteiger partial charge in [-0.1, -0.05) is 115 Å². The van der Waals surface area contributed by atoms with Crippen LogP contribution in [0.25, 0.3) is 83.9 Å². The zero-order chi connectivity index (χ0) is 41.9. The van der Waals surface area contributed by atoms with Crippen molar-refractivity contribution in [3.63, 3.8) is 0 Å². The minimum atomic E-state index is -5.09. The number of alkyl halides is 6. The summed E-state index contributed by atoms with van der Waals surface area (Å²) in [4.78, 5) is 14.8. The van der Waals surface area contributed by atoms with Gasteiger partial charge in [0, 0.05) is 27.5 Å². The van der Waals surface area contributed by atoms with Crippen molar-refractivity contribution in [3.8, 4) is 62.1 Å². The average molecular weight is 805 g/mol. The molecule has 0 amide bonds. The van der Waals surface area contributed by atoms with Crippen LogP contribution in [0.3, 0.4) is 0 Å². The first-order chi connectivity index (χ1) is 28.7. The van der Waals surface area contributed by atoms with Gasteiger partial charge in [0.25, 0.3) is 0 Å². The predicted molar refractivity (Wildman–Crippen MR) is 226 cm³/mol. The minimum absolute atomic E-state index is 0.0591. The molecule has 0 aliphatic rings. The van der Waals surface area contributed by atoms with Gasteiger partial charge in [0.2, 0.25) is 0 Å². The highest BCUT2D eigenvalue weighted by atomic mass is 19.4. The Hall–Kier alpha value is -7.07. The summed E-state index contributed by atoms with van der Waals surface area (Å²) in [5.41, 5.74) is 6.24. The van der Waals surface area contributed by atoms with E-state index in [-0.39, 0.29) is 17.5 Å². The van der Waals surface area contributed by atoms with Crippen LogP contribution in [0.15, 0.2) is 152 Å². The normalized spacial score (nSPS) is 12.1. The zero-order valence-electron chi connectivity index (χ0n) is 32.5. The number of aromatic nitrogens is 4. The molecule has 0 N–H and O–H groups in total. The number of rotatable bonds is 6. The number of para-hydroxylation sites is 1. The maximum absolute atomic E-state index is 14.7. The van der Waals surface area contributed by atoms with Crippen LogP contribution in [0.1, 0.15) is 27.8 Å². The lowest BCUT2D eigenvalue weighted by Crippen LogP contribution is -2.12. The first-order valence-electron chi connectivity index (χ1n) is 19.2. The zero-order valence-corrected chi connectivity index (χ0v) is 32.5. The molecule has 9 rings (SSSR count). The summed E-state index contributed by atoms with van der Waals surface area (Å²) >= 11 is 0. The summed E-state index contributed by atoms with van der Waals surface area (Å²) in [6.45, 7) is 6.23. The smallest absolute Gasteiger partial charge is 0.308 e. The van der Waals surface area contributed by atoms with Crippen LogP contribution < -0.4 is 0 Å². The maximum atomic E-state index is 14.7. The van der Waals surface area contributed by atoms with Crippen molar-refractivity contribution in [1.82, 2.24) is 19.5 Å². The molecule has 0 atom stereocenters. The van der Waals surface area contributed by atoms with Crippen LogP contribution in [0.4, 0.5) is 26.3 Å². The van der Waals surface area contributed by atoms with Crippen molar-refractivity contribution >= 4 is 21.8 Å². The summed E-state index contributed by atoms with van der Waals surface area (Å²) in [7, 11) is 0. The molecule has 296 valence electrons. The molecule has 0 saturated carbocycles. The third-order valence-electron chi connectivity index (χ3n) is 10.8. The van der Waals surface area contributed by atoms with Crippen LogP contribution in [-0.2, 0) is 12.4 Å². The van der Waals surface area contributed by atoms with Gasteiger partial charge in [-0.3, -0.25) is 0 Å². The van der Waals surface area contributed by atoms with Crippen molar-refractivity contribution < 1.29 is 26.3 Å². The number of hydrogen-bond acceptors (Lipinski definition) is 3. The topological polar surface area (TPSA) is 43.6 Å². The fraction of sp³-hybridized carbons (Fsp3) is 0.100. The Morgan fingerprint density at radius 2 is 0.983 bits per heavy atom. The summed E-state index contributed by atoms with van der Waals surface area (Å²) in [6, 6.07) is 43.4. The van der Waals surface area contributed by atoms with Gasteiger partial charge in [-0.15, -0.1) is 0 Å². The highest BCUT2D eigenvalue weighted by Gasteiger charge is 2.38. The summed E-state index contributed by atoms with van der Waals surface area (Å²) < 4.78 is 87.5. The van der Waals surface area contributed by atoms with Gasteiger partial charge < -0.3 is 4.57 Å². The van der Waals surface area contributed by atoms with E-state index in [0.29, 0.717) is 29.0 Å². The van der Waals surface area contributed by atoms with E-state index in [1.165, 1.54) is 6.07 Å². The van der Waals surface area contributed by atoms with Gasteiger partial charge in [0.05, 0.1) is 27.8 Å². The molecule has 0 fully saturated rings. The Labute approximate surface area is 341 Å². The first-order valence-corrected chi connectivity index (χ1v) is 19.2. The Kier molecular flexibility index (Phi) is 9.38. The second kappa shape index (κ2) is 14.6. The number of nitrogens with zero attached hydrogens (tertiary/aromatic N) is 4. The van der Waals surface area contributed by atoms with Crippen LogP contribution in [0.5, 0.6) is 0 Å². The van der Waals surface area contributed by atoms with Gasteiger partial charge in [0.1, 0.15) is 0 Å². The van der Waals surface area contributed by atoms with E-state index in [9.17, 15) is 26.3 Å². The van der Waals surface area contributed by atoms with Gasteiger partial charge >= 0.3 is 12.4 Å². The molecule has 0 radical (unpaired) electrons. The molecule has 0 aliphatic heterocycles. The summed E-state index contributed by atoms with van der Waals surface area (Å²) in [6.07, 6.45) is -10.1. The van der Waals surface area contributed by atoms with Gasteiger partial charge in [-0.05, 0) is 96.6 Å². The Bertz CT molecular complexity index is 3010. The fourth-order valence-corrected chi connectivity index (χ4v) is 8.23. The van der Waals surface area contributed by atoms with E-state index in [1.807, 2.05) is 102 Å². The quantitative estimate of drug-likeness (QED) is 0.157. The number of halogens is 6. The molecule has 10 heteroatoms. The molecule has 2 aromatic heterocycles. The third-order valence-corrected chi connectivity index (χ3v) is 10.8. The molecule has 0 aliphatic carbocycles. The van der Waals surface area contributed by atoms with E-state index >= 15 is 0 Å². The molecule has 9 aromatic rings. The molecular weight excluding hydrogens is 771 g/mol. The Balaban J connectivity index is 1.36. The van der Waals surface area contributed by atoms with Crippen molar-refractivity contribution in [2.45, 2.75) is 33.1 Å². The van der Waals surface area contributed by atoms with Crippen LogP contribution in [0, 0.1) is 20.8 Å². The molecule has 7 aromatic carbocycles. The molecule has 0 saturated heterocycles. The molecular formula is C50H34F6N4. The van der Waals surface area contributed by atoms with Gasteiger partial charge in [-0.25, -0.2) is 15.0 Å². The number of benzene rings is 7. The van der Waals surface area contributed by atoms with E-state index in [4.69, 9.17) is 15.0 Å². The second-order valence-electron chi connectivity index (χ2n) is 14.9. The predicted octanol–water partition coefficient (Wildman–Crippen LogP) is 14.3. The summed E-state index contributed by atoms with van der Waals surface area (Å²) in [5.74, 6) is 1.01. The SMILES string of the molecule is Cc1cc(C)c(-c2ccc3c(c2)c2ccccc2n3-c2cc(-c3ccc(C(F)(F)F)cc3C(F)(F)F)ccc2-c2nc(-c3ccccc3)nc(-c3ccccc3)n2)c(C)c1. The molecule has 60 heavy (non-hydrogen) atoms. The van der Waals surface area contributed by atoms with Gasteiger partial charge in [-0.2, -0.15) is 26.3 Å². The summed E-state index contributed by atoms with van der Waals surface area (Å²) in [5, 5.41) is 1.79.